The van der Waals surface area contributed by atoms with E-state index in [0.717, 1.165) is 32.8 Å². The van der Waals surface area contributed by atoms with Gasteiger partial charge in [0, 0.05) is 31.9 Å². The first-order valence-electron chi connectivity index (χ1n) is 7.02. The van der Waals surface area contributed by atoms with Gasteiger partial charge < -0.3 is 15.4 Å². The van der Waals surface area contributed by atoms with Gasteiger partial charge in [-0.3, -0.25) is 0 Å². The summed E-state index contributed by atoms with van der Waals surface area (Å²) < 4.78 is 5.57. The summed E-state index contributed by atoms with van der Waals surface area (Å²) in [5.41, 5.74) is 8.61. The largest absolute Gasteiger partial charge is 0.381 e. The Morgan fingerprint density at radius 1 is 1.28 bits per heavy atom. The van der Waals surface area contributed by atoms with E-state index >= 15 is 0 Å². The number of nitrogens with zero attached hydrogens (tertiary/aromatic N) is 1. The van der Waals surface area contributed by atoms with Gasteiger partial charge in [0.15, 0.2) is 0 Å². The molecule has 1 aromatic rings. The zero-order valence-corrected chi connectivity index (χ0v) is 10.8. The zero-order chi connectivity index (χ0) is 12.4. The average molecular weight is 246 g/mol. The van der Waals surface area contributed by atoms with E-state index in [1.165, 1.54) is 24.1 Å². The minimum Gasteiger partial charge on any atom is -0.381 e. The van der Waals surface area contributed by atoms with E-state index in [-0.39, 0.29) is 0 Å². The zero-order valence-electron chi connectivity index (χ0n) is 10.8. The highest BCUT2D eigenvalue weighted by atomic mass is 16.5. The molecule has 98 valence electrons. The van der Waals surface area contributed by atoms with Gasteiger partial charge in [-0.15, -0.1) is 0 Å². The summed E-state index contributed by atoms with van der Waals surface area (Å²) in [6.07, 6.45) is 2.46. The minimum absolute atomic E-state index is 0.678. The first kappa shape index (κ1) is 12.0. The molecule has 2 N–H and O–H groups in total. The number of hydrogen-bond acceptors (Lipinski definition) is 3. The highest BCUT2D eigenvalue weighted by Crippen LogP contribution is 2.41. The molecule has 2 heterocycles. The van der Waals surface area contributed by atoms with E-state index in [9.17, 15) is 0 Å². The number of anilines is 1. The average Bonchev–Trinajstić information content (AvgIpc) is 2.93. The Morgan fingerprint density at radius 2 is 2.17 bits per heavy atom. The van der Waals surface area contributed by atoms with Gasteiger partial charge in [0.05, 0.1) is 6.61 Å². The van der Waals surface area contributed by atoms with Gasteiger partial charge in [0.25, 0.3) is 0 Å². The summed E-state index contributed by atoms with van der Waals surface area (Å²) in [5.74, 6) is 1.39. The molecule has 1 saturated heterocycles. The first-order valence-corrected chi connectivity index (χ1v) is 7.02. The monoisotopic (exact) mass is 246 g/mol. The van der Waals surface area contributed by atoms with Crippen LogP contribution in [0, 0.1) is 5.92 Å². The highest BCUT2D eigenvalue weighted by Gasteiger charge is 2.32. The molecule has 3 nitrogen and oxygen atoms in total. The van der Waals surface area contributed by atoms with Gasteiger partial charge in [-0.1, -0.05) is 18.2 Å². The Balaban J connectivity index is 1.88. The van der Waals surface area contributed by atoms with Crippen LogP contribution in [0.2, 0.25) is 0 Å². The third-order valence-electron chi connectivity index (χ3n) is 4.32. The Kier molecular flexibility index (Phi) is 3.52. The topological polar surface area (TPSA) is 38.5 Å². The lowest BCUT2D eigenvalue weighted by molar-refractivity contribution is 0.179. The van der Waals surface area contributed by atoms with Gasteiger partial charge in [0.2, 0.25) is 0 Å². The van der Waals surface area contributed by atoms with Gasteiger partial charge in [0.1, 0.15) is 0 Å². The molecule has 2 aliphatic rings. The second kappa shape index (κ2) is 5.29. The molecular formula is C15H22N2O. The molecular weight excluding hydrogens is 224 g/mol. The maximum Gasteiger partial charge on any atom is 0.0500 e. The molecule has 3 rings (SSSR count). The summed E-state index contributed by atoms with van der Waals surface area (Å²) in [6.45, 7) is 4.71. The molecule has 18 heavy (non-hydrogen) atoms. The number of nitrogens with two attached hydrogens (primary N) is 1. The number of hydrogen-bond donors (Lipinski definition) is 1. The molecule has 0 saturated carbocycles. The molecule has 3 heteroatoms. The van der Waals surface area contributed by atoms with E-state index in [1.54, 1.807) is 0 Å². The maximum absolute atomic E-state index is 5.71. The van der Waals surface area contributed by atoms with Gasteiger partial charge in [-0.05, 0) is 36.3 Å². The summed E-state index contributed by atoms with van der Waals surface area (Å²) in [7, 11) is 0. The fourth-order valence-corrected chi connectivity index (χ4v) is 3.41. The molecule has 0 spiro atoms. The molecule has 1 fully saturated rings. The second-order valence-corrected chi connectivity index (χ2v) is 5.35. The van der Waals surface area contributed by atoms with Crippen molar-refractivity contribution in [2.75, 3.05) is 37.7 Å². The van der Waals surface area contributed by atoms with Crippen LogP contribution in [0.5, 0.6) is 0 Å². The van der Waals surface area contributed by atoms with Gasteiger partial charge >= 0.3 is 0 Å². The van der Waals surface area contributed by atoms with Crippen molar-refractivity contribution in [3.8, 4) is 0 Å². The quantitative estimate of drug-likeness (QED) is 0.886. The van der Waals surface area contributed by atoms with Gasteiger partial charge in [-0.2, -0.15) is 0 Å². The third kappa shape index (κ3) is 2.13. The SMILES string of the molecule is NCCN1CC[C@@H]([C@@H]2CCOC2)c2ccccc21. The second-order valence-electron chi connectivity index (χ2n) is 5.35. The van der Waals surface area contributed by atoms with Crippen molar-refractivity contribution in [2.24, 2.45) is 11.7 Å². The Morgan fingerprint density at radius 3 is 2.94 bits per heavy atom. The van der Waals surface area contributed by atoms with Crippen LogP contribution in [-0.4, -0.2) is 32.8 Å². The fraction of sp³-hybridized carbons (Fsp3) is 0.600. The van der Waals surface area contributed by atoms with Crippen molar-refractivity contribution in [1.29, 1.82) is 0 Å². The van der Waals surface area contributed by atoms with Crippen LogP contribution >= 0.6 is 0 Å². The standard InChI is InChI=1S/C15H22N2O/c16-7-9-17-8-5-13(12-6-10-18-11-12)14-3-1-2-4-15(14)17/h1-4,12-13H,5-11,16H2/t12-,13+/m1/s1. The number of benzene rings is 1. The number of ether oxygens (including phenoxy) is 1. The van der Waals surface area contributed by atoms with E-state index < -0.39 is 0 Å². The normalized spacial score (nSPS) is 27.3. The lowest BCUT2D eigenvalue weighted by Crippen LogP contribution is -2.36. The van der Waals surface area contributed by atoms with Crippen LogP contribution < -0.4 is 10.6 Å². The summed E-state index contributed by atoms with van der Waals surface area (Å²) in [4.78, 5) is 2.43. The summed E-state index contributed by atoms with van der Waals surface area (Å²) in [5, 5.41) is 0. The van der Waals surface area contributed by atoms with Crippen LogP contribution in [0.4, 0.5) is 5.69 Å². The highest BCUT2D eigenvalue weighted by molar-refractivity contribution is 5.57. The lowest BCUT2D eigenvalue weighted by Gasteiger charge is -2.37. The van der Waals surface area contributed by atoms with Crippen LogP contribution in [-0.2, 0) is 4.74 Å². The predicted molar refractivity (Wildman–Crippen MR) is 74.0 cm³/mol. The molecule has 0 aromatic heterocycles. The van der Waals surface area contributed by atoms with E-state index in [0.29, 0.717) is 11.8 Å². The molecule has 0 bridgehead atoms. The van der Waals surface area contributed by atoms with E-state index in [4.69, 9.17) is 10.5 Å². The maximum atomic E-state index is 5.71. The number of para-hydroxylation sites is 1. The van der Waals surface area contributed by atoms with Crippen molar-refractivity contribution >= 4 is 5.69 Å². The van der Waals surface area contributed by atoms with Crippen LogP contribution in [0.3, 0.4) is 0 Å². The molecule has 2 atom stereocenters. The smallest absolute Gasteiger partial charge is 0.0500 e. The molecule has 0 unspecified atom stereocenters. The molecule has 2 aliphatic heterocycles. The summed E-state index contributed by atoms with van der Waals surface area (Å²) in [6, 6.07) is 8.83. The van der Waals surface area contributed by atoms with Crippen LogP contribution in [0.15, 0.2) is 24.3 Å². The number of rotatable bonds is 3. The Labute approximate surface area is 109 Å². The van der Waals surface area contributed by atoms with Crippen LogP contribution in [0.25, 0.3) is 0 Å². The minimum atomic E-state index is 0.678. The van der Waals surface area contributed by atoms with Crippen molar-refractivity contribution in [3.63, 3.8) is 0 Å². The molecule has 0 amide bonds. The fourth-order valence-electron chi connectivity index (χ4n) is 3.41. The Hall–Kier alpha value is -1.06. The number of fused-ring (bicyclic) bond motifs is 1. The van der Waals surface area contributed by atoms with Crippen molar-refractivity contribution in [2.45, 2.75) is 18.8 Å². The van der Waals surface area contributed by atoms with Crippen molar-refractivity contribution in [1.82, 2.24) is 0 Å². The summed E-state index contributed by atoms with van der Waals surface area (Å²) >= 11 is 0. The third-order valence-corrected chi connectivity index (χ3v) is 4.32. The van der Waals surface area contributed by atoms with E-state index in [2.05, 4.69) is 29.2 Å². The first-order chi connectivity index (χ1) is 8.90. The molecule has 0 radical (unpaired) electrons. The molecule has 0 aliphatic carbocycles. The van der Waals surface area contributed by atoms with Crippen LogP contribution in [0.1, 0.15) is 24.3 Å². The van der Waals surface area contributed by atoms with Crippen molar-refractivity contribution in [3.05, 3.63) is 29.8 Å². The van der Waals surface area contributed by atoms with Gasteiger partial charge in [-0.25, -0.2) is 0 Å². The lowest BCUT2D eigenvalue weighted by atomic mass is 9.80. The molecule has 1 aromatic carbocycles. The van der Waals surface area contributed by atoms with E-state index in [1.807, 2.05) is 0 Å². The van der Waals surface area contributed by atoms with Crippen molar-refractivity contribution < 1.29 is 4.74 Å². The Bertz CT molecular complexity index is 401. The predicted octanol–water partition coefficient (Wildman–Crippen LogP) is 1.98.